The zero-order valence-corrected chi connectivity index (χ0v) is 16.0. The number of hydrogen-bond donors (Lipinski definition) is 1. The van der Waals surface area contributed by atoms with Crippen LogP contribution in [0.5, 0.6) is 5.75 Å². The van der Waals surface area contributed by atoms with Crippen molar-refractivity contribution in [1.82, 2.24) is 0 Å². The number of hydrogen-bond acceptors (Lipinski definition) is 3. The lowest BCUT2D eigenvalue weighted by molar-refractivity contribution is -0.116. The molecule has 1 amide bonds. The van der Waals surface area contributed by atoms with E-state index in [0.717, 1.165) is 5.56 Å². The number of amides is 1. The van der Waals surface area contributed by atoms with Crippen LogP contribution < -0.4 is 10.1 Å². The number of nitrogens with one attached hydrogen (secondary N) is 1. The first-order chi connectivity index (χ1) is 13.6. The maximum Gasteiger partial charge on any atom is 0.224 e. The Morgan fingerprint density at radius 3 is 2.18 bits per heavy atom. The summed E-state index contributed by atoms with van der Waals surface area (Å²) in [4.78, 5) is 24.1. The second-order valence-electron chi connectivity index (χ2n) is 6.28. The third kappa shape index (κ3) is 5.96. The van der Waals surface area contributed by atoms with E-state index < -0.39 is 0 Å². The van der Waals surface area contributed by atoms with E-state index in [-0.39, 0.29) is 24.5 Å². The van der Waals surface area contributed by atoms with Crippen molar-refractivity contribution >= 4 is 29.0 Å². The molecule has 0 heterocycles. The van der Waals surface area contributed by atoms with E-state index in [1.165, 1.54) is 0 Å². The lowest BCUT2D eigenvalue weighted by Gasteiger charge is -2.09. The first-order valence-electron chi connectivity index (χ1n) is 8.95. The molecule has 3 aromatic carbocycles. The minimum absolute atomic E-state index is 0.0401. The lowest BCUT2D eigenvalue weighted by Crippen LogP contribution is -2.13. The van der Waals surface area contributed by atoms with Gasteiger partial charge in [-0.1, -0.05) is 54.1 Å². The SMILES string of the molecule is O=C(CCC(=O)c1ccccc1)Nc1ccc(OCc2ccc(Cl)cc2)cc1. The van der Waals surface area contributed by atoms with Gasteiger partial charge in [0.1, 0.15) is 12.4 Å². The molecule has 0 atom stereocenters. The lowest BCUT2D eigenvalue weighted by atomic mass is 10.1. The van der Waals surface area contributed by atoms with Gasteiger partial charge in [0.15, 0.2) is 5.78 Å². The molecule has 4 nitrogen and oxygen atoms in total. The molecular formula is C23H20ClNO3. The number of rotatable bonds is 8. The smallest absolute Gasteiger partial charge is 0.224 e. The van der Waals surface area contributed by atoms with Crippen LogP contribution in [-0.4, -0.2) is 11.7 Å². The molecule has 0 aliphatic heterocycles. The highest BCUT2D eigenvalue weighted by atomic mass is 35.5. The molecule has 0 saturated carbocycles. The van der Waals surface area contributed by atoms with Crippen molar-refractivity contribution in [1.29, 1.82) is 0 Å². The Morgan fingerprint density at radius 1 is 0.821 bits per heavy atom. The number of carbonyl (C=O) groups is 2. The summed E-state index contributed by atoms with van der Waals surface area (Å²) >= 11 is 5.86. The fraction of sp³-hybridized carbons (Fsp3) is 0.130. The molecule has 5 heteroatoms. The van der Waals surface area contributed by atoms with Crippen molar-refractivity contribution in [3.63, 3.8) is 0 Å². The molecule has 0 radical (unpaired) electrons. The summed E-state index contributed by atoms with van der Waals surface area (Å²) in [5, 5.41) is 3.48. The highest BCUT2D eigenvalue weighted by Crippen LogP contribution is 2.18. The molecule has 0 fully saturated rings. The second kappa shape index (κ2) is 9.72. The van der Waals surface area contributed by atoms with Crippen LogP contribution in [0.2, 0.25) is 5.02 Å². The molecule has 28 heavy (non-hydrogen) atoms. The fourth-order valence-corrected chi connectivity index (χ4v) is 2.73. The number of ether oxygens (including phenoxy) is 1. The number of carbonyl (C=O) groups excluding carboxylic acids is 2. The van der Waals surface area contributed by atoms with Crippen molar-refractivity contribution in [2.75, 3.05) is 5.32 Å². The summed E-state index contributed by atoms with van der Waals surface area (Å²) in [7, 11) is 0. The average Bonchev–Trinajstić information content (AvgIpc) is 2.73. The molecular weight excluding hydrogens is 374 g/mol. The second-order valence-corrected chi connectivity index (χ2v) is 6.71. The third-order valence-electron chi connectivity index (χ3n) is 4.13. The zero-order chi connectivity index (χ0) is 19.8. The highest BCUT2D eigenvalue weighted by Gasteiger charge is 2.09. The minimum atomic E-state index is -0.195. The highest BCUT2D eigenvalue weighted by molar-refractivity contribution is 6.30. The van der Waals surface area contributed by atoms with Crippen molar-refractivity contribution in [3.8, 4) is 5.75 Å². The number of benzene rings is 3. The van der Waals surface area contributed by atoms with Gasteiger partial charge in [0, 0.05) is 29.1 Å². The Hall–Kier alpha value is -3.11. The van der Waals surface area contributed by atoms with Crippen molar-refractivity contribution in [2.45, 2.75) is 19.4 Å². The molecule has 0 unspecified atom stereocenters. The molecule has 3 aromatic rings. The number of halogens is 1. The molecule has 0 aromatic heterocycles. The molecule has 0 aliphatic rings. The summed E-state index contributed by atoms with van der Waals surface area (Å²) in [5.41, 5.74) is 2.30. The summed E-state index contributed by atoms with van der Waals surface area (Å²) in [6.45, 7) is 0.435. The van der Waals surface area contributed by atoms with E-state index in [0.29, 0.717) is 28.6 Å². The topological polar surface area (TPSA) is 55.4 Å². The van der Waals surface area contributed by atoms with Crippen LogP contribution in [0.15, 0.2) is 78.9 Å². The predicted molar refractivity (Wildman–Crippen MR) is 111 cm³/mol. The van der Waals surface area contributed by atoms with E-state index in [2.05, 4.69) is 5.32 Å². The number of Topliss-reactive ketones (excluding diaryl/α,β-unsaturated/α-hetero) is 1. The van der Waals surface area contributed by atoms with Gasteiger partial charge in [-0.3, -0.25) is 9.59 Å². The Morgan fingerprint density at radius 2 is 1.50 bits per heavy atom. The summed E-state index contributed by atoms with van der Waals surface area (Å²) in [6, 6.07) is 23.6. The van der Waals surface area contributed by atoms with Gasteiger partial charge in [0.05, 0.1) is 0 Å². The van der Waals surface area contributed by atoms with Gasteiger partial charge in [-0.25, -0.2) is 0 Å². The van der Waals surface area contributed by atoms with Gasteiger partial charge in [-0.15, -0.1) is 0 Å². The van der Waals surface area contributed by atoms with Crippen molar-refractivity contribution in [2.24, 2.45) is 0 Å². The largest absolute Gasteiger partial charge is 0.489 e. The standard InChI is InChI=1S/C23H20ClNO3/c24-19-8-6-17(7-9-19)16-28-21-12-10-20(11-13-21)25-23(27)15-14-22(26)18-4-2-1-3-5-18/h1-13H,14-16H2,(H,25,27). The summed E-state index contributed by atoms with van der Waals surface area (Å²) < 4.78 is 5.72. The molecule has 0 aliphatic carbocycles. The van der Waals surface area contributed by atoms with Crippen LogP contribution in [0.1, 0.15) is 28.8 Å². The van der Waals surface area contributed by atoms with Gasteiger partial charge in [-0.2, -0.15) is 0 Å². The molecule has 3 rings (SSSR count). The quantitative estimate of drug-likeness (QED) is 0.512. The van der Waals surface area contributed by atoms with Crippen LogP contribution in [0.3, 0.4) is 0 Å². The van der Waals surface area contributed by atoms with Gasteiger partial charge >= 0.3 is 0 Å². The van der Waals surface area contributed by atoms with E-state index in [1.807, 2.05) is 42.5 Å². The first kappa shape index (κ1) is 19.6. The average molecular weight is 394 g/mol. The van der Waals surface area contributed by atoms with Gasteiger partial charge < -0.3 is 10.1 Å². The van der Waals surface area contributed by atoms with E-state index >= 15 is 0 Å². The van der Waals surface area contributed by atoms with Crippen LogP contribution in [-0.2, 0) is 11.4 Å². The Labute approximate surface area is 169 Å². The van der Waals surface area contributed by atoms with Crippen molar-refractivity contribution in [3.05, 3.63) is 95.0 Å². The molecule has 142 valence electrons. The summed E-state index contributed by atoms with van der Waals surface area (Å²) in [6.07, 6.45) is 0.320. The van der Waals surface area contributed by atoms with Crippen molar-refractivity contribution < 1.29 is 14.3 Å². The molecule has 1 N–H and O–H groups in total. The predicted octanol–water partition coefficient (Wildman–Crippen LogP) is 5.52. The summed E-state index contributed by atoms with van der Waals surface area (Å²) in [5.74, 6) is 0.466. The Balaban J connectivity index is 1.45. The Bertz CT molecular complexity index is 922. The van der Waals surface area contributed by atoms with Crippen LogP contribution in [0.4, 0.5) is 5.69 Å². The Kier molecular flexibility index (Phi) is 6.82. The van der Waals surface area contributed by atoms with E-state index in [1.54, 1.807) is 36.4 Å². The number of anilines is 1. The minimum Gasteiger partial charge on any atom is -0.489 e. The fourth-order valence-electron chi connectivity index (χ4n) is 2.60. The zero-order valence-electron chi connectivity index (χ0n) is 15.2. The van der Waals surface area contributed by atoms with Crippen LogP contribution >= 0.6 is 11.6 Å². The first-order valence-corrected chi connectivity index (χ1v) is 9.33. The number of ketones is 1. The molecule has 0 bridgehead atoms. The maximum atomic E-state index is 12.1. The molecule has 0 saturated heterocycles. The normalized spacial score (nSPS) is 10.3. The monoisotopic (exact) mass is 393 g/mol. The van der Waals surface area contributed by atoms with Gasteiger partial charge in [0.25, 0.3) is 0 Å². The van der Waals surface area contributed by atoms with Crippen LogP contribution in [0, 0.1) is 0 Å². The van der Waals surface area contributed by atoms with E-state index in [9.17, 15) is 9.59 Å². The molecule has 0 spiro atoms. The van der Waals surface area contributed by atoms with Crippen LogP contribution in [0.25, 0.3) is 0 Å². The van der Waals surface area contributed by atoms with Gasteiger partial charge in [0.2, 0.25) is 5.91 Å². The maximum absolute atomic E-state index is 12.1. The van der Waals surface area contributed by atoms with E-state index in [4.69, 9.17) is 16.3 Å². The third-order valence-corrected chi connectivity index (χ3v) is 4.38. The van der Waals surface area contributed by atoms with Gasteiger partial charge in [-0.05, 0) is 42.0 Å².